The predicted molar refractivity (Wildman–Crippen MR) is 144 cm³/mol. The van der Waals surface area contributed by atoms with Gasteiger partial charge in [-0.25, -0.2) is 9.97 Å². The fourth-order valence-corrected chi connectivity index (χ4v) is 5.71. The van der Waals surface area contributed by atoms with E-state index in [-0.39, 0.29) is 0 Å². The summed E-state index contributed by atoms with van der Waals surface area (Å²) in [4.78, 5) is 12.4. The van der Waals surface area contributed by atoms with Crippen molar-refractivity contribution in [1.82, 2.24) is 9.97 Å². The van der Waals surface area contributed by atoms with Crippen LogP contribution in [-0.4, -0.2) is 9.97 Å². The average molecular weight is 569 g/mol. The third-order valence-corrected chi connectivity index (χ3v) is 7.19. The number of hydrogen-bond donors (Lipinski definition) is 0. The molecule has 3 nitrogen and oxygen atoms in total. The number of aromatic nitrogens is 2. The van der Waals surface area contributed by atoms with Crippen molar-refractivity contribution in [3.05, 3.63) is 147 Å². The summed E-state index contributed by atoms with van der Waals surface area (Å²) in [5.41, 5.74) is 6.72. The Morgan fingerprint density at radius 2 is 0.971 bits per heavy atom. The molecule has 0 fully saturated rings. The van der Waals surface area contributed by atoms with E-state index in [1.54, 1.807) is 0 Å². The molecule has 34 heavy (non-hydrogen) atoms. The van der Waals surface area contributed by atoms with Crippen LogP contribution in [-0.2, 0) is 5.41 Å². The topological polar surface area (TPSA) is 29.0 Å². The zero-order valence-electron chi connectivity index (χ0n) is 18.1. The Balaban J connectivity index is 1.79. The zero-order valence-corrected chi connectivity index (χ0v) is 21.2. The van der Waals surface area contributed by atoms with Crippen molar-refractivity contribution in [1.29, 1.82) is 0 Å². The van der Waals surface area contributed by atoms with Gasteiger partial charge in [-0.1, -0.05) is 66.7 Å². The lowest BCUT2D eigenvalue weighted by Gasteiger charge is -2.45. The van der Waals surface area contributed by atoms with Crippen LogP contribution in [0.1, 0.15) is 22.5 Å². The molecule has 0 spiro atoms. The standard InChI is InChI=1S/C29H19Br2N3/c30-27-18-8-16-25(32-27)29(26-17-9-19-28(31)33-26)21-12-4-6-14-23(21)34(20-10-2-1-3-11-20)24-15-7-5-13-22(24)29/h1-19H. The lowest BCUT2D eigenvalue weighted by molar-refractivity contribution is 0.674. The highest BCUT2D eigenvalue weighted by atomic mass is 79.9. The Morgan fingerprint density at radius 3 is 1.47 bits per heavy atom. The van der Waals surface area contributed by atoms with Gasteiger partial charge in [-0.05, 0) is 91.5 Å². The molecule has 0 bridgehead atoms. The first-order chi connectivity index (χ1) is 16.7. The maximum Gasteiger partial charge on any atom is 0.109 e. The van der Waals surface area contributed by atoms with E-state index in [1.165, 1.54) is 0 Å². The van der Waals surface area contributed by atoms with Gasteiger partial charge in [-0.2, -0.15) is 0 Å². The number of hydrogen-bond acceptors (Lipinski definition) is 3. The zero-order chi connectivity index (χ0) is 23.1. The smallest absolute Gasteiger partial charge is 0.109 e. The van der Waals surface area contributed by atoms with Crippen LogP contribution in [0.2, 0.25) is 0 Å². The number of fused-ring (bicyclic) bond motifs is 2. The molecule has 1 aliphatic rings. The maximum absolute atomic E-state index is 5.01. The molecule has 0 saturated carbocycles. The van der Waals surface area contributed by atoms with E-state index >= 15 is 0 Å². The van der Waals surface area contributed by atoms with Crippen LogP contribution in [0, 0.1) is 0 Å². The van der Waals surface area contributed by atoms with Gasteiger partial charge in [0.1, 0.15) is 14.6 Å². The number of para-hydroxylation sites is 3. The van der Waals surface area contributed by atoms with Crippen LogP contribution in [0.3, 0.4) is 0 Å². The Bertz CT molecular complexity index is 1410. The van der Waals surface area contributed by atoms with E-state index in [1.807, 2.05) is 30.3 Å². The fourth-order valence-electron chi connectivity index (χ4n) is 5.02. The summed E-state index contributed by atoms with van der Waals surface area (Å²) in [6, 6.07) is 39.8. The highest BCUT2D eigenvalue weighted by Gasteiger charge is 2.48. The largest absolute Gasteiger partial charge is 0.310 e. The van der Waals surface area contributed by atoms with Gasteiger partial charge in [0.2, 0.25) is 0 Å². The third kappa shape index (κ3) is 3.23. The van der Waals surface area contributed by atoms with E-state index in [4.69, 9.17) is 9.97 Å². The molecule has 0 unspecified atom stereocenters. The van der Waals surface area contributed by atoms with Crippen molar-refractivity contribution in [2.75, 3.05) is 4.90 Å². The molecule has 6 rings (SSSR count). The van der Waals surface area contributed by atoms with Crippen LogP contribution in [0.4, 0.5) is 17.1 Å². The van der Waals surface area contributed by atoms with Crippen molar-refractivity contribution in [3.8, 4) is 0 Å². The minimum absolute atomic E-state index is 0.702. The molecule has 5 aromatic rings. The number of benzene rings is 3. The molecule has 0 N–H and O–H groups in total. The van der Waals surface area contributed by atoms with E-state index in [2.05, 4.69) is 122 Å². The van der Waals surface area contributed by atoms with Gasteiger partial charge < -0.3 is 4.90 Å². The number of nitrogens with zero attached hydrogens (tertiary/aromatic N) is 3. The molecule has 164 valence electrons. The second-order valence-electron chi connectivity index (χ2n) is 8.15. The predicted octanol–water partition coefficient (Wildman–Crippen LogP) is 8.17. The van der Waals surface area contributed by atoms with Crippen LogP contribution in [0.15, 0.2) is 124 Å². The minimum Gasteiger partial charge on any atom is -0.310 e. The quantitative estimate of drug-likeness (QED) is 0.202. The fraction of sp³-hybridized carbons (Fsp3) is 0.0345. The molecule has 1 aliphatic heterocycles. The van der Waals surface area contributed by atoms with Gasteiger partial charge in [0.05, 0.1) is 22.8 Å². The highest BCUT2D eigenvalue weighted by Crippen LogP contribution is 2.56. The molecule has 0 amide bonds. The molecule has 0 radical (unpaired) electrons. The first-order valence-corrected chi connectivity index (χ1v) is 12.6. The summed E-state index contributed by atoms with van der Waals surface area (Å²) < 4.78 is 1.58. The molecular formula is C29H19Br2N3. The lowest BCUT2D eigenvalue weighted by atomic mass is 9.66. The number of halogens is 2. The third-order valence-electron chi connectivity index (χ3n) is 6.31. The van der Waals surface area contributed by atoms with Crippen molar-refractivity contribution in [2.45, 2.75) is 5.41 Å². The SMILES string of the molecule is Brc1cccc(C2(c3cccc(Br)n3)c3ccccc3N(c3ccccc3)c3ccccc32)n1. The highest BCUT2D eigenvalue weighted by molar-refractivity contribution is 9.10. The molecule has 0 atom stereocenters. The van der Waals surface area contributed by atoms with Crippen LogP contribution < -0.4 is 4.90 Å². The normalized spacial score (nSPS) is 13.8. The first-order valence-electron chi connectivity index (χ1n) is 11.0. The van der Waals surface area contributed by atoms with Gasteiger partial charge in [0, 0.05) is 5.69 Å². The number of anilines is 3. The summed E-state index contributed by atoms with van der Waals surface area (Å²) in [6.07, 6.45) is 0. The Kier molecular flexibility index (Phi) is 5.31. The second kappa shape index (κ2) is 8.49. The molecule has 0 saturated heterocycles. The molecule has 2 aromatic heterocycles. The van der Waals surface area contributed by atoms with Crippen molar-refractivity contribution >= 4 is 48.9 Å². The number of rotatable bonds is 3. The summed E-state index contributed by atoms with van der Waals surface area (Å²) >= 11 is 7.23. The van der Waals surface area contributed by atoms with Gasteiger partial charge in [-0.15, -0.1) is 0 Å². The van der Waals surface area contributed by atoms with Crippen molar-refractivity contribution in [3.63, 3.8) is 0 Å². The van der Waals surface area contributed by atoms with Crippen LogP contribution in [0.25, 0.3) is 0 Å². The Morgan fingerprint density at radius 1 is 0.500 bits per heavy atom. The van der Waals surface area contributed by atoms with Crippen LogP contribution in [0.5, 0.6) is 0 Å². The van der Waals surface area contributed by atoms with E-state index < -0.39 is 5.41 Å². The lowest BCUT2D eigenvalue weighted by Crippen LogP contribution is -2.39. The first kappa shape index (κ1) is 21.3. The second-order valence-corrected chi connectivity index (χ2v) is 9.77. The Hall–Kier alpha value is -3.28. The molecule has 3 heterocycles. The van der Waals surface area contributed by atoms with Gasteiger partial charge in [-0.3, -0.25) is 0 Å². The van der Waals surface area contributed by atoms with Gasteiger partial charge in [0.15, 0.2) is 0 Å². The molecule has 3 aromatic carbocycles. The minimum atomic E-state index is -0.702. The number of pyridine rings is 2. The van der Waals surface area contributed by atoms with Gasteiger partial charge in [0.25, 0.3) is 0 Å². The molecule has 0 aliphatic carbocycles. The van der Waals surface area contributed by atoms with E-state index in [0.717, 1.165) is 48.8 Å². The average Bonchev–Trinajstić information content (AvgIpc) is 2.88. The van der Waals surface area contributed by atoms with Crippen molar-refractivity contribution < 1.29 is 0 Å². The maximum atomic E-state index is 5.01. The van der Waals surface area contributed by atoms with Gasteiger partial charge >= 0.3 is 0 Å². The molecule has 5 heteroatoms. The van der Waals surface area contributed by atoms with Crippen LogP contribution >= 0.6 is 31.9 Å². The van der Waals surface area contributed by atoms with E-state index in [0.29, 0.717) is 0 Å². The summed E-state index contributed by atoms with van der Waals surface area (Å²) in [7, 11) is 0. The van der Waals surface area contributed by atoms with Crippen molar-refractivity contribution in [2.24, 2.45) is 0 Å². The monoisotopic (exact) mass is 567 g/mol. The summed E-state index contributed by atoms with van der Waals surface area (Å²) in [6.45, 7) is 0. The van der Waals surface area contributed by atoms with E-state index in [9.17, 15) is 0 Å². The Labute approximate surface area is 215 Å². The summed E-state index contributed by atoms with van der Waals surface area (Å²) in [5.74, 6) is 0. The molecular weight excluding hydrogens is 550 g/mol. The summed E-state index contributed by atoms with van der Waals surface area (Å²) in [5, 5.41) is 0.